The number of nitrogens with one attached hydrogen (secondary N) is 2. The molecule has 1 fully saturated rings. The van der Waals surface area contributed by atoms with Gasteiger partial charge in [0.05, 0.1) is 39.5 Å². The van der Waals surface area contributed by atoms with Crippen LogP contribution in [-0.4, -0.2) is 67.2 Å². The summed E-state index contributed by atoms with van der Waals surface area (Å²) in [5, 5.41) is 7.27. The third-order valence-corrected chi connectivity index (χ3v) is 7.53. The van der Waals surface area contributed by atoms with Gasteiger partial charge in [-0.15, -0.1) is 0 Å². The molecule has 232 valence electrons. The summed E-state index contributed by atoms with van der Waals surface area (Å²) >= 11 is 6.31. The molecule has 0 unspecified atom stereocenters. The Balaban J connectivity index is 1.43. The molecular weight excluding hydrogens is 588 g/mol. The number of fused-ring (bicyclic) bond motifs is 1. The molecule has 0 spiro atoms. The van der Waals surface area contributed by atoms with Crippen molar-refractivity contribution in [3.8, 4) is 11.5 Å². The molecule has 1 aliphatic heterocycles. The molecule has 0 atom stereocenters. The number of furan rings is 1. The molecule has 0 radical (unpaired) electrons. The van der Waals surface area contributed by atoms with Gasteiger partial charge in [-0.05, 0) is 35.9 Å². The van der Waals surface area contributed by atoms with Crippen molar-refractivity contribution >= 4 is 51.8 Å². The number of amides is 2. The van der Waals surface area contributed by atoms with Crippen molar-refractivity contribution in [3.63, 3.8) is 0 Å². The molecule has 2 amide bonds. The van der Waals surface area contributed by atoms with Crippen molar-refractivity contribution in [3.05, 3.63) is 64.0 Å². The van der Waals surface area contributed by atoms with Crippen LogP contribution >= 0.6 is 11.6 Å². The second-order valence-corrected chi connectivity index (χ2v) is 11.0. The summed E-state index contributed by atoms with van der Waals surface area (Å²) in [6.07, 6.45) is 1.95. The molecule has 2 aromatic heterocycles. The van der Waals surface area contributed by atoms with Crippen LogP contribution in [0.3, 0.4) is 0 Å². The van der Waals surface area contributed by atoms with E-state index in [0.717, 1.165) is 10.9 Å². The zero-order valence-corrected chi connectivity index (χ0v) is 25.8. The van der Waals surface area contributed by atoms with Crippen molar-refractivity contribution in [2.75, 3.05) is 56.9 Å². The molecule has 44 heavy (non-hydrogen) atoms. The van der Waals surface area contributed by atoms with Crippen LogP contribution in [0, 0.1) is 5.92 Å². The lowest BCUT2D eigenvalue weighted by Crippen LogP contribution is -2.40. The van der Waals surface area contributed by atoms with E-state index in [4.69, 9.17) is 36.0 Å². The number of rotatable bonds is 10. The number of carbonyl (C=O) groups is 2. The van der Waals surface area contributed by atoms with Gasteiger partial charge in [0.15, 0.2) is 11.3 Å². The quantitative estimate of drug-likeness (QED) is 0.226. The van der Waals surface area contributed by atoms with E-state index in [0.29, 0.717) is 77.4 Å². The summed E-state index contributed by atoms with van der Waals surface area (Å²) in [5.41, 5.74) is 9.37. The van der Waals surface area contributed by atoms with Crippen LogP contribution < -0.4 is 25.8 Å². The maximum Gasteiger partial charge on any atom is 0.256 e. The molecule has 2 aromatic carbocycles. The SMILES string of the molecule is COc1cc(Cc2cnc(NC(=O)C(C)C)nc2N)c2cc(CNc3cc(Cl)ccc3C(=O)N3CCOCC3)oc2c1OC. The Morgan fingerprint density at radius 1 is 1.11 bits per heavy atom. The lowest BCUT2D eigenvalue weighted by molar-refractivity contribution is -0.118. The molecule has 4 aromatic rings. The van der Waals surface area contributed by atoms with Crippen molar-refractivity contribution in [2.24, 2.45) is 5.92 Å². The number of anilines is 3. The fourth-order valence-corrected chi connectivity index (χ4v) is 5.06. The predicted molar refractivity (Wildman–Crippen MR) is 168 cm³/mol. The lowest BCUT2D eigenvalue weighted by Gasteiger charge is -2.27. The molecule has 5 rings (SSSR count). The maximum atomic E-state index is 13.3. The summed E-state index contributed by atoms with van der Waals surface area (Å²) in [4.78, 5) is 35.7. The van der Waals surface area contributed by atoms with Crippen LogP contribution in [-0.2, 0) is 22.5 Å². The summed E-state index contributed by atoms with van der Waals surface area (Å²) in [6.45, 7) is 5.89. The van der Waals surface area contributed by atoms with Gasteiger partial charge < -0.3 is 34.6 Å². The number of nitrogens with two attached hydrogens (primary N) is 1. The highest BCUT2D eigenvalue weighted by Gasteiger charge is 2.23. The zero-order valence-electron chi connectivity index (χ0n) is 25.0. The molecule has 13 heteroatoms. The Labute approximate surface area is 259 Å². The van der Waals surface area contributed by atoms with E-state index in [-0.39, 0.29) is 36.0 Å². The Morgan fingerprint density at radius 3 is 2.57 bits per heavy atom. The van der Waals surface area contributed by atoms with E-state index in [1.165, 1.54) is 0 Å². The number of hydrogen-bond donors (Lipinski definition) is 3. The minimum atomic E-state index is -0.222. The van der Waals surface area contributed by atoms with Crippen LogP contribution in [0.2, 0.25) is 5.02 Å². The summed E-state index contributed by atoms with van der Waals surface area (Å²) in [5.74, 6) is 1.39. The average Bonchev–Trinajstić information content (AvgIpc) is 3.45. The van der Waals surface area contributed by atoms with Crippen LogP contribution in [0.25, 0.3) is 11.0 Å². The first-order chi connectivity index (χ1) is 21.2. The van der Waals surface area contributed by atoms with E-state index in [9.17, 15) is 9.59 Å². The number of nitrogens with zero attached hydrogens (tertiary/aromatic N) is 3. The molecule has 0 bridgehead atoms. The highest BCUT2D eigenvalue weighted by atomic mass is 35.5. The standard InChI is InChI=1S/C31H35ClN6O6/c1-17(2)29(39)37-31-35-15-19(28(33)36-31)11-18-12-25(41-3)27(42-4)26-23(18)14-21(44-26)16-34-24-13-20(32)5-6-22(24)30(40)38-7-9-43-10-8-38/h5-6,12-15,17,34H,7-11,16H2,1-4H3,(H3,33,35,36,37,39). The first-order valence-corrected chi connectivity index (χ1v) is 14.5. The minimum Gasteiger partial charge on any atom is -0.493 e. The topological polar surface area (TPSA) is 154 Å². The smallest absolute Gasteiger partial charge is 0.256 e. The number of ether oxygens (including phenoxy) is 3. The van der Waals surface area contributed by atoms with Gasteiger partial charge in [0.1, 0.15) is 11.6 Å². The first-order valence-electron chi connectivity index (χ1n) is 14.2. The number of halogens is 1. The molecule has 3 heterocycles. The Bertz CT molecular complexity index is 1680. The predicted octanol–water partition coefficient (Wildman–Crippen LogP) is 4.75. The molecule has 12 nitrogen and oxygen atoms in total. The highest BCUT2D eigenvalue weighted by molar-refractivity contribution is 6.31. The molecule has 1 aliphatic rings. The molecule has 4 N–H and O–H groups in total. The highest BCUT2D eigenvalue weighted by Crippen LogP contribution is 2.41. The van der Waals surface area contributed by atoms with Gasteiger partial charge in [-0.1, -0.05) is 25.4 Å². The first kappa shape index (κ1) is 30.9. The number of nitrogen functional groups attached to an aromatic ring is 1. The Hall–Kier alpha value is -4.55. The third kappa shape index (κ3) is 6.66. The number of methoxy groups -OCH3 is 2. The van der Waals surface area contributed by atoms with Gasteiger partial charge in [-0.25, -0.2) is 4.98 Å². The van der Waals surface area contributed by atoms with Crippen molar-refractivity contribution in [2.45, 2.75) is 26.8 Å². The van der Waals surface area contributed by atoms with Gasteiger partial charge in [-0.2, -0.15) is 4.98 Å². The fraction of sp³-hybridized carbons (Fsp3) is 0.355. The van der Waals surface area contributed by atoms with Crippen LogP contribution in [0.5, 0.6) is 11.5 Å². The van der Waals surface area contributed by atoms with Crippen molar-refractivity contribution in [1.29, 1.82) is 0 Å². The monoisotopic (exact) mass is 622 g/mol. The lowest BCUT2D eigenvalue weighted by atomic mass is 10.0. The second kappa shape index (κ2) is 13.4. The number of morpholine rings is 1. The normalized spacial score (nSPS) is 13.3. The molecule has 0 saturated carbocycles. The van der Waals surface area contributed by atoms with E-state index in [2.05, 4.69) is 20.6 Å². The maximum absolute atomic E-state index is 13.3. The molecule has 0 aliphatic carbocycles. The fourth-order valence-electron chi connectivity index (χ4n) is 4.89. The van der Waals surface area contributed by atoms with E-state index < -0.39 is 0 Å². The second-order valence-electron chi connectivity index (χ2n) is 10.6. The minimum absolute atomic E-state index is 0.0969. The number of carbonyl (C=O) groups excluding carboxylic acids is 2. The van der Waals surface area contributed by atoms with E-state index >= 15 is 0 Å². The van der Waals surface area contributed by atoms with Gasteiger partial charge in [0.25, 0.3) is 5.91 Å². The van der Waals surface area contributed by atoms with Crippen molar-refractivity contribution in [1.82, 2.24) is 14.9 Å². The van der Waals surface area contributed by atoms with Crippen LogP contribution in [0.4, 0.5) is 17.5 Å². The van der Waals surface area contributed by atoms with Gasteiger partial charge in [-0.3, -0.25) is 14.9 Å². The van der Waals surface area contributed by atoms with E-state index in [1.54, 1.807) is 57.4 Å². The summed E-state index contributed by atoms with van der Waals surface area (Å²) < 4.78 is 22.9. The largest absolute Gasteiger partial charge is 0.493 e. The van der Waals surface area contributed by atoms with Gasteiger partial charge in [0.2, 0.25) is 17.6 Å². The summed E-state index contributed by atoms with van der Waals surface area (Å²) in [7, 11) is 3.09. The van der Waals surface area contributed by atoms with Crippen LogP contribution in [0.15, 0.2) is 40.9 Å². The number of aromatic nitrogens is 2. The van der Waals surface area contributed by atoms with Crippen LogP contribution in [0.1, 0.15) is 41.1 Å². The Kier molecular flexibility index (Phi) is 9.40. The number of benzene rings is 2. The number of hydrogen-bond acceptors (Lipinski definition) is 10. The van der Waals surface area contributed by atoms with Crippen molar-refractivity contribution < 1.29 is 28.2 Å². The Morgan fingerprint density at radius 2 is 1.89 bits per heavy atom. The zero-order chi connectivity index (χ0) is 31.4. The molecule has 1 saturated heterocycles. The van der Waals surface area contributed by atoms with E-state index in [1.807, 2.05) is 12.1 Å². The average molecular weight is 623 g/mol. The van der Waals surface area contributed by atoms with Gasteiger partial charge >= 0.3 is 0 Å². The summed E-state index contributed by atoms with van der Waals surface area (Å²) in [6, 6.07) is 8.91. The van der Waals surface area contributed by atoms with Gasteiger partial charge in [0, 0.05) is 53.3 Å². The third-order valence-electron chi connectivity index (χ3n) is 7.29. The molecular formula is C31H35ClN6O6.